The van der Waals surface area contributed by atoms with Gasteiger partial charge in [0.25, 0.3) is 0 Å². The summed E-state index contributed by atoms with van der Waals surface area (Å²) in [4.78, 5) is 22.0. The molecule has 0 aliphatic heterocycles. The molecule has 3 N–H and O–H groups in total. The van der Waals surface area contributed by atoms with Gasteiger partial charge >= 0.3 is 0 Å². The van der Waals surface area contributed by atoms with Crippen molar-refractivity contribution in [2.24, 2.45) is 0 Å². The number of hydrogen-bond acceptors (Lipinski definition) is 3. The lowest BCUT2D eigenvalue weighted by Crippen LogP contribution is -2.37. The van der Waals surface area contributed by atoms with Crippen LogP contribution in [0, 0.1) is 5.82 Å². The highest BCUT2D eigenvalue weighted by atomic mass is 19.1. The molecule has 114 valence electrons. The first-order valence-corrected chi connectivity index (χ1v) is 6.98. The van der Waals surface area contributed by atoms with Crippen LogP contribution in [0.2, 0.25) is 0 Å². The summed E-state index contributed by atoms with van der Waals surface area (Å²) >= 11 is 0. The second-order valence-electron chi connectivity index (χ2n) is 5.36. The normalized spacial score (nSPS) is 16.9. The first-order chi connectivity index (χ1) is 10.1. The molecular weight excluding hydrogens is 275 g/mol. The third-order valence-corrected chi connectivity index (χ3v) is 3.65. The molecule has 1 aliphatic carbocycles. The van der Waals surface area contributed by atoms with Crippen LogP contribution in [-0.2, 0) is 15.1 Å². The van der Waals surface area contributed by atoms with Gasteiger partial charge in [-0.2, -0.15) is 0 Å². The number of aliphatic hydroxyl groups excluding tert-OH is 1. The number of hydrogen-bond donors (Lipinski definition) is 3. The van der Waals surface area contributed by atoms with E-state index in [4.69, 9.17) is 0 Å². The van der Waals surface area contributed by atoms with Crippen molar-refractivity contribution in [2.75, 3.05) is 6.54 Å². The second kappa shape index (κ2) is 6.67. The summed E-state index contributed by atoms with van der Waals surface area (Å²) in [7, 11) is 0. The summed E-state index contributed by atoms with van der Waals surface area (Å²) < 4.78 is 12.9. The molecule has 6 heteroatoms. The lowest BCUT2D eigenvalue weighted by Gasteiger charge is -2.19. The fourth-order valence-corrected chi connectivity index (χ4v) is 2.32. The molecule has 0 saturated heterocycles. The molecule has 1 aliphatic rings. The number of benzene rings is 1. The molecule has 2 amide bonds. The van der Waals surface area contributed by atoms with Crippen molar-refractivity contribution in [3.63, 3.8) is 0 Å². The predicted octanol–water partition coefficient (Wildman–Crippen LogP) is 0.818. The SMILES string of the molecule is O=CNCCC(O)CC(=O)NC1(c2ccc(F)cc2)CC1. The van der Waals surface area contributed by atoms with Crippen molar-refractivity contribution in [3.8, 4) is 0 Å². The van der Waals surface area contributed by atoms with E-state index in [0.717, 1.165) is 18.4 Å². The van der Waals surface area contributed by atoms with Gasteiger partial charge in [0.1, 0.15) is 5.82 Å². The summed E-state index contributed by atoms with van der Waals surface area (Å²) in [6.07, 6.45) is 1.71. The topological polar surface area (TPSA) is 78.4 Å². The summed E-state index contributed by atoms with van der Waals surface area (Å²) in [5, 5.41) is 15.1. The van der Waals surface area contributed by atoms with Crippen molar-refractivity contribution < 1.29 is 19.1 Å². The number of carbonyl (C=O) groups is 2. The lowest BCUT2D eigenvalue weighted by molar-refractivity contribution is -0.124. The van der Waals surface area contributed by atoms with Crippen LogP contribution in [0.4, 0.5) is 4.39 Å². The van der Waals surface area contributed by atoms with E-state index < -0.39 is 11.6 Å². The summed E-state index contributed by atoms with van der Waals surface area (Å²) in [5.41, 5.74) is 0.473. The third kappa shape index (κ3) is 4.26. The Morgan fingerprint density at radius 1 is 1.38 bits per heavy atom. The minimum absolute atomic E-state index is 0.0104. The standard InChI is InChI=1S/C15H19FN2O3/c16-12-3-1-11(2-4-12)15(6-7-15)18-14(21)9-13(20)5-8-17-10-19/h1-4,10,13,20H,5-9H2,(H,17,19)(H,18,21). The fraction of sp³-hybridized carbons (Fsp3) is 0.467. The van der Waals surface area contributed by atoms with Crippen molar-refractivity contribution >= 4 is 12.3 Å². The molecule has 0 heterocycles. The molecule has 1 aromatic rings. The fourth-order valence-electron chi connectivity index (χ4n) is 2.32. The van der Waals surface area contributed by atoms with E-state index in [1.54, 1.807) is 12.1 Å². The number of aliphatic hydroxyl groups is 1. The minimum Gasteiger partial charge on any atom is -0.393 e. The molecule has 0 aromatic heterocycles. The Morgan fingerprint density at radius 2 is 2.05 bits per heavy atom. The Hall–Kier alpha value is -1.95. The Balaban J connectivity index is 1.84. The molecule has 0 spiro atoms. The first-order valence-electron chi connectivity index (χ1n) is 6.98. The quantitative estimate of drug-likeness (QED) is 0.490. The number of carbonyl (C=O) groups excluding carboxylic acids is 2. The van der Waals surface area contributed by atoms with E-state index in [2.05, 4.69) is 10.6 Å². The van der Waals surface area contributed by atoms with E-state index >= 15 is 0 Å². The summed E-state index contributed by atoms with van der Waals surface area (Å²) in [6, 6.07) is 6.10. The van der Waals surface area contributed by atoms with Gasteiger partial charge in [-0.1, -0.05) is 12.1 Å². The van der Waals surface area contributed by atoms with Crippen LogP contribution in [0.3, 0.4) is 0 Å². The largest absolute Gasteiger partial charge is 0.393 e. The Bertz CT molecular complexity index is 500. The van der Waals surface area contributed by atoms with E-state index in [1.807, 2.05) is 0 Å². The van der Waals surface area contributed by atoms with E-state index in [0.29, 0.717) is 19.4 Å². The summed E-state index contributed by atoms with van der Waals surface area (Å²) in [6.45, 7) is 0.334. The number of nitrogens with one attached hydrogen (secondary N) is 2. The molecule has 1 aromatic carbocycles. The third-order valence-electron chi connectivity index (χ3n) is 3.65. The second-order valence-corrected chi connectivity index (χ2v) is 5.36. The maximum absolute atomic E-state index is 12.9. The smallest absolute Gasteiger partial charge is 0.223 e. The lowest BCUT2D eigenvalue weighted by atomic mass is 10.0. The molecule has 1 saturated carbocycles. The van der Waals surface area contributed by atoms with Crippen LogP contribution < -0.4 is 10.6 Å². The van der Waals surface area contributed by atoms with E-state index in [-0.39, 0.29) is 18.1 Å². The van der Waals surface area contributed by atoms with Crippen LogP contribution in [0.1, 0.15) is 31.2 Å². The van der Waals surface area contributed by atoms with Gasteiger partial charge in [-0.15, -0.1) is 0 Å². The highest BCUT2D eigenvalue weighted by molar-refractivity contribution is 5.78. The highest BCUT2D eigenvalue weighted by Crippen LogP contribution is 2.45. The summed E-state index contributed by atoms with van der Waals surface area (Å²) in [5.74, 6) is -0.547. The van der Waals surface area contributed by atoms with Crippen molar-refractivity contribution in [1.82, 2.24) is 10.6 Å². The maximum atomic E-state index is 12.9. The van der Waals surface area contributed by atoms with Gasteiger partial charge in [0.2, 0.25) is 12.3 Å². The minimum atomic E-state index is -0.790. The Morgan fingerprint density at radius 3 is 2.62 bits per heavy atom. The zero-order valence-corrected chi connectivity index (χ0v) is 11.6. The van der Waals surface area contributed by atoms with Gasteiger partial charge in [0.15, 0.2) is 0 Å². The van der Waals surface area contributed by atoms with Crippen molar-refractivity contribution in [3.05, 3.63) is 35.6 Å². The van der Waals surface area contributed by atoms with Gasteiger partial charge in [-0.3, -0.25) is 9.59 Å². The Kier molecular flexibility index (Phi) is 4.90. The number of rotatable bonds is 8. The number of halogens is 1. The molecule has 0 bridgehead atoms. The zero-order valence-electron chi connectivity index (χ0n) is 11.6. The molecule has 5 nitrogen and oxygen atoms in total. The van der Waals surface area contributed by atoms with Crippen LogP contribution in [0.5, 0.6) is 0 Å². The van der Waals surface area contributed by atoms with Crippen molar-refractivity contribution in [2.45, 2.75) is 37.3 Å². The highest BCUT2D eigenvalue weighted by Gasteiger charge is 2.45. The molecule has 1 unspecified atom stereocenters. The Labute approximate surface area is 122 Å². The van der Waals surface area contributed by atoms with Crippen LogP contribution in [0.25, 0.3) is 0 Å². The van der Waals surface area contributed by atoms with Gasteiger partial charge in [-0.25, -0.2) is 4.39 Å². The zero-order chi connectivity index (χ0) is 15.3. The van der Waals surface area contributed by atoms with Crippen molar-refractivity contribution in [1.29, 1.82) is 0 Å². The average molecular weight is 294 g/mol. The van der Waals surface area contributed by atoms with Gasteiger partial charge in [0, 0.05) is 6.54 Å². The van der Waals surface area contributed by atoms with Crippen LogP contribution in [0.15, 0.2) is 24.3 Å². The van der Waals surface area contributed by atoms with Crippen LogP contribution in [-0.4, -0.2) is 30.1 Å². The predicted molar refractivity (Wildman–Crippen MR) is 74.8 cm³/mol. The molecule has 21 heavy (non-hydrogen) atoms. The molecule has 0 radical (unpaired) electrons. The first kappa shape index (κ1) is 15.4. The van der Waals surface area contributed by atoms with E-state index in [9.17, 15) is 19.1 Å². The molecule has 1 fully saturated rings. The monoisotopic (exact) mass is 294 g/mol. The molecular formula is C15H19FN2O3. The van der Waals surface area contributed by atoms with Crippen LogP contribution >= 0.6 is 0 Å². The average Bonchev–Trinajstić information content (AvgIpc) is 3.20. The van der Waals surface area contributed by atoms with Gasteiger partial charge in [-0.05, 0) is 37.0 Å². The number of amides is 2. The maximum Gasteiger partial charge on any atom is 0.223 e. The van der Waals surface area contributed by atoms with E-state index in [1.165, 1.54) is 12.1 Å². The molecule has 1 atom stereocenters. The molecule has 2 rings (SSSR count). The van der Waals surface area contributed by atoms with Gasteiger partial charge < -0.3 is 15.7 Å². The van der Waals surface area contributed by atoms with Gasteiger partial charge in [0.05, 0.1) is 18.1 Å².